The first-order valence-electron chi connectivity index (χ1n) is 6.06. The Morgan fingerprint density at radius 2 is 2.32 bits per heavy atom. The molecule has 1 N–H and O–H groups in total. The fourth-order valence-electron chi connectivity index (χ4n) is 2.53. The number of hydrogen-bond acceptors (Lipinski definition) is 3. The van der Waals surface area contributed by atoms with E-state index in [0.29, 0.717) is 5.75 Å². The highest BCUT2D eigenvalue weighted by Crippen LogP contribution is 2.37. The Bertz CT molecular complexity index is 641. The molecule has 2 heterocycles. The van der Waals surface area contributed by atoms with Crippen LogP contribution < -0.4 is 4.74 Å². The molecule has 1 aromatic carbocycles. The number of aromatic nitrogens is 2. The van der Waals surface area contributed by atoms with Gasteiger partial charge in [-0.2, -0.15) is 5.10 Å². The molecular formula is C14H14N2O3. The van der Waals surface area contributed by atoms with Crippen molar-refractivity contribution in [2.45, 2.75) is 12.8 Å². The molecule has 5 nitrogen and oxygen atoms in total. The molecule has 0 saturated heterocycles. The van der Waals surface area contributed by atoms with Crippen LogP contribution in [0.3, 0.4) is 0 Å². The molecule has 98 valence electrons. The summed E-state index contributed by atoms with van der Waals surface area (Å²) in [5, 5.41) is 13.4. The average molecular weight is 258 g/mol. The van der Waals surface area contributed by atoms with Gasteiger partial charge < -0.3 is 9.84 Å². The minimum Gasteiger partial charge on any atom is -0.492 e. The Morgan fingerprint density at radius 3 is 2.95 bits per heavy atom. The van der Waals surface area contributed by atoms with Gasteiger partial charge in [-0.25, -0.2) is 0 Å². The third kappa shape index (κ3) is 1.78. The molecule has 1 aromatic heterocycles. The minimum atomic E-state index is -0.849. The number of carbonyl (C=O) groups is 1. The number of carboxylic acids is 1. The number of aryl methyl sites for hydroxylation is 2. The first-order valence-corrected chi connectivity index (χ1v) is 6.06. The van der Waals surface area contributed by atoms with Crippen molar-refractivity contribution >= 4 is 5.97 Å². The zero-order valence-electron chi connectivity index (χ0n) is 10.8. The van der Waals surface area contributed by atoms with Crippen molar-refractivity contribution in [3.8, 4) is 17.0 Å². The molecule has 1 aliphatic rings. The summed E-state index contributed by atoms with van der Waals surface area (Å²) in [4.78, 5) is 11.2. The maximum Gasteiger partial charge on any atom is 0.314 e. The van der Waals surface area contributed by atoms with E-state index < -0.39 is 11.9 Å². The molecule has 1 atom stereocenters. The van der Waals surface area contributed by atoms with E-state index in [9.17, 15) is 9.90 Å². The molecule has 0 fully saturated rings. The zero-order chi connectivity index (χ0) is 13.6. The highest BCUT2D eigenvalue weighted by molar-refractivity contribution is 5.80. The summed E-state index contributed by atoms with van der Waals surface area (Å²) in [7, 11) is 1.88. The molecule has 19 heavy (non-hydrogen) atoms. The zero-order valence-corrected chi connectivity index (χ0v) is 10.8. The van der Waals surface area contributed by atoms with Gasteiger partial charge in [0.05, 0.1) is 11.9 Å². The number of carboxylic acid groups (broad SMARTS) is 1. The van der Waals surface area contributed by atoms with Crippen LogP contribution in [0.2, 0.25) is 0 Å². The standard InChI is InChI=1S/C14H14N2O3/c1-8-6-15-16(2)13(8)9-3-4-12-10(5-9)11(7-19-12)14(17)18/h3-6,11H,7H2,1-2H3,(H,17,18). The molecule has 5 heteroatoms. The molecule has 0 radical (unpaired) electrons. The summed E-state index contributed by atoms with van der Waals surface area (Å²) in [6.45, 7) is 2.19. The lowest BCUT2D eigenvalue weighted by atomic mass is 9.97. The van der Waals surface area contributed by atoms with Crippen molar-refractivity contribution in [2.24, 2.45) is 7.05 Å². The van der Waals surface area contributed by atoms with Crippen molar-refractivity contribution < 1.29 is 14.6 Å². The van der Waals surface area contributed by atoms with E-state index in [1.165, 1.54) is 0 Å². The summed E-state index contributed by atoms with van der Waals surface area (Å²) in [6, 6.07) is 5.66. The van der Waals surface area contributed by atoms with Gasteiger partial charge in [-0.15, -0.1) is 0 Å². The van der Waals surface area contributed by atoms with Crippen LogP contribution in [0.15, 0.2) is 24.4 Å². The van der Waals surface area contributed by atoms with Crippen LogP contribution in [-0.4, -0.2) is 27.5 Å². The number of aliphatic carboxylic acids is 1. The van der Waals surface area contributed by atoms with Crippen LogP contribution in [0.25, 0.3) is 11.3 Å². The number of benzene rings is 1. The maximum absolute atomic E-state index is 11.2. The van der Waals surface area contributed by atoms with Crippen LogP contribution in [0, 0.1) is 6.92 Å². The van der Waals surface area contributed by atoms with Crippen LogP contribution in [0.1, 0.15) is 17.0 Å². The van der Waals surface area contributed by atoms with E-state index in [0.717, 1.165) is 22.4 Å². The fourth-order valence-corrected chi connectivity index (χ4v) is 2.53. The summed E-state index contributed by atoms with van der Waals surface area (Å²) in [5.74, 6) is -0.767. The third-order valence-corrected chi connectivity index (χ3v) is 3.48. The van der Waals surface area contributed by atoms with Crippen LogP contribution in [-0.2, 0) is 11.8 Å². The lowest BCUT2D eigenvalue weighted by molar-refractivity contribution is -0.138. The van der Waals surface area contributed by atoms with Gasteiger partial charge in [0, 0.05) is 18.2 Å². The minimum absolute atomic E-state index is 0.207. The van der Waals surface area contributed by atoms with Crippen molar-refractivity contribution in [2.75, 3.05) is 6.61 Å². The quantitative estimate of drug-likeness (QED) is 0.894. The van der Waals surface area contributed by atoms with E-state index in [1.54, 1.807) is 10.9 Å². The van der Waals surface area contributed by atoms with Gasteiger partial charge >= 0.3 is 5.97 Å². The van der Waals surface area contributed by atoms with Crippen molar-refractivity contribution in [3.05, 3.63) is 35.5 Å². The van der Waals surface area contributed by atoms with Gasteiger partial charge in [0.25, 0.3) is 0 Å². The average Bonchev–Trinajstić information content (AvgIpc) is 2.92. The van der Waals surface area contributed by atoms with E-state index >= 15 is 0 Å². The number of hydrogen-bond donors (Lipinski definition) is 1. The molecule has 0 bridgehead atoms. The van der Waals surface area contributed by atoms with Gasteiger partial charge in [0.15, 0.2) is 0 Å². The molecule has 0 aliphatic carbocycles. The smallest absolute Gasteiger partial charge is 0.314 e. The molecule has 1 unspecified atom stereocenters. The highest BCUT2D eigenvalue weighted by Gasteiger charge is 2.30. The molecule has 1 aliphatic heterocycles. The number of rotatable bonds is 2. The highest BCUT2D eigenvalue weighted by atomic mass is 16.5. The van der Waals surface area contributed by atoms with Gasteiger partial charge in [-0.1, -0.05) is 0 Å². The van der Waals surface area contributed by atoms with E-state index in [1.807, 2.05) is 32.2 Å². The Labute approximate surface area is 110 Å². The summed E-state index contributed by atoms with van der Waals surface area (Å²) in [5.41, 5.74) is 3.77. The van der Waals surface area contributed by atoms with Crippen molar-refractivity contribution in [1.29, 1.82) is 0 Å². The lowest BCUT2D eigenvalue weighted by Crippen LogP contribution is -2.12. The Balaban J connectivity index is 2.12. The molecule has 0 spiro atoms. The third-order valence-electron chi connectivity index (χ3n) is 3.48. The van der Waals surface area contributed by atoms with Crippen LogP contribution >= 0.6 is 0 Å². The number of nitrogens with zero attached hydrogens (tertiary/aromatic N) is 2. The molecule has 0 amide bonds. The van der Waals surface area contributed by atoms with Crippen molar-refractivity contribution in [3.63, 3.8) is 0 Å². The summed E-state index contributed by atoms with van der Waals surface area (Å²) < 4.78 is 7.20. The van der Waals surface area contributed by atoms with E-state index in [2.05, 4.69) is 5.10 Å². The van der Waals surface area contributed by atoms with Crippen LogP contribution in [0.5, 0.6) is 5.75 Å². The first kappa shape index (κ1) is 11.8. The van der Waals surface area contributed by atoms with Gasteiger partial charge in [-0.3, -0.25) is 9.48 Å². The number of fused-ring (bicyclic) bond motifs is 1. The number of ether oxygens (including phenoxy) is 1. The van der Waals surface area contributed by atoms with Crippen molar-refractivity contribution in [1.82, 2.24) is 9.78 Å². The molecule has 2 aromatic rings. The second kappa shape index (κ2) is 4.12. The molecule has 3 rings (SSSR count). The lowest BCUT2D eigenvalue weighted by Gasteiger charge is -2.08. The monoisotopic (exact) mass is 258 g/mol. The van der Waals surface area contributed by atoms with Gasteiger partial charge in [-0.05, 0) is 30.7 Å². The summed E-state index contributed by atoms with van der Waals surface area (Å²) in [6.07, 6.45) is 1.80. The van der Waals surface area contributed by atoms with Gasteiger partial charge in [0.1, 0.15) is 18.3 Å². The SMILES string of the molecule is Cc1cnn(C)c1-c1ccc2c(c1)C(C(=O)O)CO2. The Hall–Kier alpha value is -2.30. The maximum atomic E-state index is 11.2. The largest absolute Gasteiger partial charge is 0.492 e. The molecule has 0 saturated carbocycles. The Kier molecular flexibility index (Phi) is 2.55. The fraction of sp³-hybridized carbons (Fsp3) is 0.286. The summed E-state index contributed by atoms with van der Waals surface area (Å²) >= 11 is 0. The second-order valence-electron chi connectivity index (χ2n) is 4.75. The first-order chi connectivity index (χ1) is 9.08. The topological polar surface area (TPSA) is 64.4 Å². The van der Waals surface area contributed by atoms with Gasteiger partial charge in [0.2, 0.25) is 0 Å². The molecular weight excluding hydrogens is 244 g/mol. The second-order valence-corrected chi connectivity index (χ2v) is 4.75. The van der Waals surface area contributed by atoms with E-state index in [-0.39, 0.29) is 6.61 Å². The predicted octanol–water partition coefficient (Wildman–Crippen LogP) is 1.96. The van der Waals surface area contributed by atoms with Crippen LogP contribution in [0.4, 0.5) is 0 Å². The normalized spacial score (nSPS) is 17.1. The Morgan fingerprint density at radius 1 is 1.53 bits per heavy atom. The predicted molar refractivity (Wildman–Crippen MR) is 69.3 cm³/mol. The van der Waals surface area contributed by atoms with E-state index in [4.69, 9.17) is 4.74 Å².